The molecule has 0 radical (unpaired) electrons. The lowest BCUT2D eigenvalue weighted by atomic mass is 9.94. The average Bonchev–Trinajstić information content (AvgIpc) is 3.71. The van der Waals surface area contributed by atoms with Crippen molar-refractivity contribution in [3.8, 4) is 17.2 Å². The number of hydrogen-bond acceptors (Lipinski definition) is 8. The Hall–Kier alpha value is -4.67. The van der Waals surface area contributed by atoms with Crippen LogP contribution in [0.15, 0.2) is 65.5 Å². The molecule has 1 saturated carbocycles. The Morgan fingerprint density at radius 3 is 2.50 bits per heavy atom. The Balaban J connectivity index is 1.64. The monoisotopic (exact) mass is 544 g/mol. The third-order valence-corrected chi connectivity index (χ3v) is 7.19. The number of rotatable bonds is 9. The molecule has 4 aromatic rings. The second kappa shape index (κ2) is 12.0. The Morgan fingerprint density at radius 2 is 1.85 bits per heavy atom. The Morgan fingerprint density at radius 1 is 1.05 bits per heavy atom. The number of aryl methyl sites for hydroxylation is 1. The van der Waals surface area contributed by atoms with Gasteiger partial charge in [-0.25, -0.2) is 4.68 Å². The third kappa shape index (κ3) is 5.54. The van der Waals surface area contributed by atoms with Crippen LogP contribution in [0.2, 0.25) is 0 Å². The first-order valence-electron chi connectivity index (χ1n) is 13.2. The maximum atomic E-state index is 14.2. The van der Waals surface area contributed by atoms with E-state index in [4.69, 9.17) is 13.9 Å². The van der Waals surface area contributed by atoms with Crippen LogP contribution in [0.3, 0.4) is 0 Å². The van der Waals surface area contributed by atoms with E-state index < -0.39 is 11.9 Å². The molecule has 1 N–H and O–H groups in total. The number of carbonyl (C=O) groups is 2. The highest BCUT2D eigenvalue weighted by Crippen LogP contribution is 2.36. The lowest BCUT2D eigenvalue weighted by Gasteiger charge is -2.33. The van der Waals surface area contributed by atoms with Crippen molar-refractivity contribution >= 4 is 17.5 Å². The average molecular weight is 545 g/mol. The van der Waals surface area contributed by atoms with Crippen LogP contribution >= 0.6 is 0 Å². The molecule has 11 heteroatoms. The summed E-state index contributed by atoms with van der Waals surface area (Å²) in [5, 5.41) is 14.6. The van der Waals surface area contributed by atoms with Crippen LogP contribution in [-0.4, -0.2) is 52.3 Å². The van der Waals surface area contributed by atoms with E-state index in [1.165, 1.54) is 24.6 Å². The third-order valence-electron chi connectivity index (χ3n) is 7.19. The molecule has 40 heavy (non-hydrogen) atoms. The molecule has 0 aliphatic heterocycles. The number of anilines is 1. The minimum Gasteiger partial charge on any atom is -0.493 e. The van der Waals surface area contributed by atoms with E-state index in [2.05, 4.69) is 20.8 Å². The summed E-state index contributed by atoms with van der Waals surface area (Å²) in [6.45, 7) is 1.89. The summed E-state index contributed by atoms with van der Waals surface area (Å²) in [6, 6.07) is 12.9. The summed E-state index contributed by atoms with van der Waals surface area (Å²) < 4.78 is 18.0. The number of nitrogens with zero attached hydrogens (tertiary/aromatic N) is 5. The second-order valence-electron chi connectivity index (χ2n) is 9.74. The Labute approximate surface area is 232 Å². The van der Waals surface area contributed by atoms with Gasteiger partial charge in [0.05, 0.1) is 26.2 Å². The van der Waals surface area contributed by atoms with E-state index in [1.54, 1.807) is 48.2 Å². The van der Waals surface area contributed by atoms with Crippen molar-refractivity contribution in [1.82, 2.24) is 25.5 Å². The van der Waals surface area contributed by atoms with Crippen LogP contribution in [0.4, 0.5) is 5.69 Å². The zero-order valence-electron chi connectivity index (χ0n) is 22.7. The number of amides is 2. The highest BCUT2D eigenvalue weighted by molar-refractivity contribution is 6.08. The summed E-state index contributed by atoms with van der Waals surface area (Å²) in [4.78, 5) is 29.7. The van der Waals surface area contributed by atoms with Gasteiger partial charge in [0.2, 0.25) is 5.91 Å². The van der Waals surface area contributed by atoms with Gasteiger partial charge >= 0.3 is 0 Å². The first kappa shape index (κ1) is 26.9. The van der Waals surface area contributed by atoms with Gasteiger partial charge in [-0.2, -0.15) is 0 Å². The van der Waals surface area contributed by atoms with Crippen molar-refractivity contribution in [2.45, 2.75) is 51.1 Å². The predicted octanol–water partition coefficient (Wildman–Crippen LogP) is 4.42. The van der Waals surface area contributed by atoms with Gasteiger partial charge in [0.1, 0.15) is 12.4 Å². The smallest absolute Gasteiger partial charge is 0.294 e. The standard InChI is InChI=1S/C29H32N6O5/c1-19-16-22(12-13-23(19)34-18-30-32-33-34)35(29(37)25-10-7-15-40-25)27(28(36)31-21-8-5-4-6-9-21)20-11-14-24(38-2)26(17-20)39-3/h7,10-18,21,27H,4-6,8-9H2,1-3H3,(H,31,36). The van der Waals surface area contributed by atoms with Crippen molar-refractivity contribution in [2.75, 3.05) is 19.1 Å². The van der Waals surface area contributed by atoms with Crippen molar-refractivity contribution in [3.05, 3.63) is 78.0 Å². The molecule has 0 saturated heterocycles. The molecule has 2 aromatic heterocycles. The molecule has 0 bridgehead atoms. The quantitative estimate of drug-likeness (QED) is 0.328. The van der Waals surface area contributed by atoms with E-state index in [0.717, 1.165) is 43.4 Å². The highest BCUT2D eigenvalue weighted by atomic mass is 16.5. The minimum absolute atomic E-state index is 0.0355. The van der Waals surface area contributed by atoms with Gasteiger partial charge in [0.15, 0.2) is 17.3 Å². The van der Waals surface area contributed by atoms with Crippen molar-refractivity contribution in [3.63, 3.8) is 0 Å². The van der Waals surface area contributed by atoms with Crippen LogP contribution in [0.1, 0.15) is 59.8 Å². The molecule has 0 spiro atoms. The summed E-state index contributed by atoms with van der Waals surface area (Å²) in [5.41, 5.74) is 2.62. The van der Waals surface area contributed by atoms with E-state index in [9.17, 15) is 9.59 Å². The van der Waals surface area contributed by atoms with Gasteiger partial charge in [0.25, 0.3) is 5.91 Å². The van der Waals surface area contributed by atoms with Crippen LogP contribution < -0.4 is 19.7 Å². The lowest BCUT2D eigenvalue weighted by Crippen LogP contribution is -2.47. The fraction of sp³-hybridized carbons (Fsp3) is 0.345. The molecule has 2 heterocycles. The lowest BCUT2D eigenvalue weighted by molar-refractivity contribution is -0.123. The zero-order valence-corrected chi connectivity index (χ0v) is 22.7. The molecule has 1 aliphatic rings. The molecule has 2 amide bonds. The molecule has 1 atom stereocenters. The zero-order chi connectivity index (χ0) is 28.1. The highest BCUT2D eigenvalue weighted by Gasteiger charge is 2.36. The molecule has 208 valence electrons. The van der Waals surface area contributed by atoms with Crippen molar-refractivity contribution in [1.29, 1.82) is 0 Å². The number of nitrogens with one attached hydrogen (secondary N) is 1. The normalized spacial score (nSPS) is 14.4. The van der Waals surface area contributed by atoms with E-state index >= 15 is 0 Å². The number of hydrogen-bond donors (Lipinski definition) is 1. The van der Waals surface area contributed by atoms with Crippen LogP contribution in [0.25, 0.3) is 5.69 Å². The first-order valence-corrected chi connectivity index (χ1v) is 13.2. The van der Waals surface area contributed by atoms with E-state index in [-0.39, 0.29) is 17.7 Å². The maximum absolute atomic E-state index is 14.2. The molecule has 1 unspecified atom stereocenters. The molecular weight excluding hydrogens is 512 g/mol. The molecular formula is C29H32N6O5. The van der Waals surface area contributed by atoms with Crippen LogP contribution in [0, 0.1) is 6.92 Å². The molecule has 5 rings (SSSR count). The van der Waals surface area contributed by atoms with Crippen LogP contribution in [-0.2, 0) is 4.79 Å². The van der Waals surface area contributed by atoms with E-state index in [0.29, 0.717) is 22.7 Å². The number of aromatic nitrogens is 4. The molecule has 11 nitrogen and oxygen atoms in total. The summed E-state index contributed by atoms with van der Waals surface area (Å²) >= 11 is 0. The number of carbonyl (C=O) groups excluding carboxylic acids is 2. The van der Waals surface area contributed by atoms with Gasteiger partial charge in [-0.1, -0.05) is 25.3 Å². The first-order chi connectivity index (χ1) is 19.5. The number of benzene rings is 2. The summed E-state index contributed by atoms with van der Waals surface area (Å²) in [5.74, 6) is 0.326. The number of ether oxygens (including phenoxy) is 2. The fourth-order valence-corrected chi connectivity index (χ4v) is 5.19. The summed E-state index contributed by atoms with van der Waals surface area (Å²) in [6.07, 6.45) is 7.99. The van der Waals surface area contributed by atoms with Gasteiger partial charge in [-0.05, 0) is 83.8 Å². The van der Waals surface area contributed by atoms with Gasteiger partial charge < -0.3 is 19.2 Å². The minimum atomic E-state index is -1.03. The number of methoxy groups -OCH3 is 2. The number of tetrazole rings is 1. The maximum Gasteiger partial charge on any atom is 0.294 e. The molecule has 2 aromatic carbocycles. The summed E-state index contributed by atoms with van der Waals surface area (Å²) in [7, 11) is 3.08. The topological polar surface area (TPSA) is 125 Å². The Bertz CT molecular complexity index is 1450. The fourth-order valence-electron chi connectivity index (χ4n) is 5.19. The van der Waals surface area contributed by atoms with Gasteiger partial charge in [-0.15, -0.1) is 5.10 Å². The molecule has 1 fully saturated rings. The second-order valence-corrected chi connectivity index (χ2v) is 9.74. The van der Waals surface area contributed by atoms with Crippen LogP contribution in [0.5, 0.6) is 11.5 Å². The van der Waals surface area contributed by atoms with Gasteiger partial charge in [0, 0.05) is 11.7 Å². The van der Waals surface area contributed by atoms with Crippen molar-refractivity contribution < 1.29 is 23.5 Å². The van der Waals surface area contributed by atoms with Gasteiger partial charge in [-0.3, -0.25) is 14.5 Å². The SMILES string of the molecule is COc1ccc(C(C(=O)NC2CCCCC2)N(C(=O)c2ccco2)c2ccc(-n3cnnn3)c(C)c2)cc1OC. The van der Waals surface area contributed by atoms with E-state index in [1.807, 2.05) is 19.1 Å². The van der Waals surface area contributed by atoms with Crippen molar-refractivity contribution in [2.24, 2.45) is 0 Å². The molecule has 1 aliphatic carbocycles. The Kier molecular flexibility index (Phi) is 8.09. The largest absolute Gasteiger partial charge is 0.493 e. The number of furan rings is 1. The predicted molar refractivity (Wildman–Crippen MR) is 147 cm³/mol.